The molecular weight excluding hydrogens is 471 g/mol. The number of benzene rings is 3. The number of urea groups is 1. The summed E-state index contributed by atoms with van der Waals surface area (Å²) in [7, 11) is 1.59. The molecule has 2 N–H and O–H groups in total. The molecule has 2 aliphatic rings. The Morgan fingerprint density at radius 3 is 2.32 bits per heavy atom. The van der Waals surface area contributed by atoms with Crippen LogP contribution in [0.2, 0.25) is 0 Å². The van der Waals surface area contributed by atoms with Gasteiger partial charge < -0.3 is 15.5 Å². The molecule has 3 aromatic rings. The van der Waals surface area contributed by atoms with E-state index in [4.69, 9.17) is 0 Å². The molecule has 2 aliphatic heterocycles. The maximum Gasteiger partial charge on any atom is 0.322 e. The van der Waals surface area contributed by atoms with Crippen LogP contribution >= 0.6 is 0 Å². The molecule has 0 aliphatic carbocycles. The number of amides is 4. The summed E-state index contributed by atoms with van der Waals surface area (Å²) in [6.45, 7) is -0.0139. The molecule has 188 valence electrons. The Labute approximate surface area is 214 Å². The van der Waals surface area contributed by atoms with Gasteiger partial charge in [0.25, 0.3) is 5.91 Å². The number of likely N-dealkylation sites (N-methyl/N-ethyl adjacent to an activating group) is 1. The Balaban J connectivity index is 1.33. The summed E-state index contributed by atoms with van der Waals surface area (Å²) in [6.07, 6.45) is 0.604. The third-order valence-corrected chi connectivity index (χ3v) is 6.79. The molecule has 0 fully saturated rings. The average molecular weight is 499 g/mol. The van der Waals surface area contributed by atoms with Crippen LogP contribution in [0.5, 0.6) is 0 Å². The lowest BCUT2D eigenvalue weighted by atomic mass is 9.96. The summed E-state index contributed by atoms with van der Waals surface area (Å²) in [5.41, 5.74) is 3.59. The summed E-state index contributed by atoms with van der Waals surface area (Å²) in [5.74, 6) is -1.03. The van der Waals surface area contributed by atoms with Gasteiger partial charge in [-0.05, 0) is 35.2 Å². The van der Waals surface area contributed by atoms with Gasteiger partial charge in [-0.1, -0.05) is 72.8 Å². The molecule has 4 amide bonds. The van der Waals surface area contributed by atoms with Gasteiger partial charge in [-0.3, -0.25) is 14.5 Å². The lowest BCUT2D eigenvalue weighted by Crippen LogP contribution is -2.45. The fourth-order valence-corrected chi connectivity index (χ4v) is 4.86. The van der Waals surface area contributed by atoms with E-state index in [2.05, 4.69) is 10.6 Å². The van der Waals surface area contributed by atoms with E-state index in [0.29, 0.717) is 23.3 Å². The van der Waals surface area contributed by atoms with Crippen LogP contribution < -0.4 is 10.6 Å². The molecule has 7 nitrogen and oxygen atoms in total. The largest absolute Gasteiger partial charge is 0.347 e. The number of halogens is 1. The van der Waals surface area contributed by atoms with Crippen molar-refractivity contribution in [2.75, 3.05) is 20.1 Å². The molecule has 0 aromatic heterocycles. The predicted octanol–water partition coefficient (Wildman–Crippen LogP) is 3.72. The fourth-order valence-electron chi connectivity index (χ4n) is 4.86. The standard InChI is InChI=1S/C29H27FN4O3/c1-33-24-17-34(28(36)26(24)27(32-29(33)37)21-12-14-22(30)15-13-21)18-25(35)31-23(20-10-6-3-7-11-20)16-19-8-4-2-5-9-19/h2-15,23,27H,16-18H2,1H3,(H,31,35)(H,32,37)/t23-,27-/m1/s1. The summed E-state index contributed by atoms with van der Waals surface area (Å²) < 4.78 is 13.5. The Bertz CT molecular complexity index is 1340. The van der Waals surface area contributed by atoms with Crippen molar-refractivity contribution < 1.29 is 18.8 Å². The number of nitrogens with one attached hydrogen (secondary N) is 2. The number of rotatable bonds is 7. The van der Waals surface area contributed by atoms with Crippen molar-refractivity contribution >= 4 is 17.8 Å². The Morgan fingerprint density at radius 1 is 1.00 bits per heavy atom. The first-order valence-corrected chi connectivity index (χ1v) is 12.1. The minimum absolute atomic E-state index is 0.137. The van der Waals surface area contributed by atoms with E-state index in [-0.39, 0.29) is 37.0 Å². The van der Waals surface area contributed by atoms with Gasteiger partial charge in [0.15, 0.2) is 0 Å². The van der Waals surface area contributed by atoms with Crippen LogP contribution in [-0.2, 0) is 16.0 Å². The zero-order valence-electron chi connectivity index (χ0n) is 20.4. The smallest absolute Gasteiger partial charge is 0.322 e. The molecule has 0 radical (unpaired) electrons. The highest BCUT2D eigenvalue weighted by molar-refractivity contribution is 6.03. The summed E-state index contributed by atoms with van der Waals surface area (Å²) in [5, 5.41) is 5.91. The Morgan fingerprint density at radius 2 is 1.65 bits per heavy atom. The highest BCUT2D eigenvalue weighted by Crippen LogP contribution is 2.35. The molecule has 8 heteroatoms. The van der Waals surface area contributed by atoms with Crippen molar-refractivity contribution in [3.63, 3.8) is 0 Å². The van der Waals surface area contributed by atoms with Crippen LogP contribution in [-0.4, -0.2) is 47.8 Å². The fraction of sp³-hybridized carbons (Fsp3) is 0.207. The first kappa shape index (κ1) is 24.2. The average Bonchev–Trinajstić information content (AvgIpc) is 3.23. The van der Waals surface area contributed by atoms with Gasteiger partial charge in [-0.15, -0.1) is 0 Å². The first-order valence-electron chi connectivity index (χ1n) is 12.1. The van der Waals surface area contributed by atoms with Gasteiger partial charge in [0.05, 0.1) is 29.9 Å². The van der Waals surface area contributed by atoms with E-state index in [9.17, 15) is 18.8 Å². The van der Waals surface area contributed by atoms with Crippen LogP contribution in [0.25, 0.3) is 0 Å². The van der Waals surface area contributed by atoms with Crippen molar-refractivity contribution in [3.05, 3.63) is 119 Å². The third-order valence-electron chi connectivity index (χ3n) is 6.79. The van der Waals surface area contributed by atoms with Gasteiger partial charge in [0.2, 0.25) is 5.91 Å². The van der Waals surface area contributed by atoms with E-state index >= 15 is 0 Å². The number of carbonyl (C=O) groups is 3. The molecule has 0 spiro atoms. The molecule has 2 heterocycles. The first-order chi connectivity index (χ1) is 17.9. The molecule has 5 rings (SSSR count). The van der Waals surface area contributed by atoms with Crippen LogP contribution in [0, 0.1) is 5.82 Å². The second-order valence-electron chi connectivity index (χ2n) is 9.24. The minimum atomic E-state index is -0.713. The lowest BCUT2D eigenvalue weighted by Gasteiger charge is -2.31. The number of nitrogens with zero attached hydrogens (tertiary/aromatic N) is 2. The van der Waals surface area contributed by atoms with E-state index < -0.39 is 11.9 Å². The highest BCUT2D eigenvalue weighted by Gasteiger charge is 2.43. The van der Waals surface area contributed by atoms with E-state index in [1.807, 2.05) is 60.7 Å². The molecular formula is C29H27FN4O3. The number of hydrogen-bond donors (Lipinski definition) is 2. The predicted molar refractivity (Wildman–Crippen MR) is 137 cm³/mol. The normalized spacial score (nSPS) is 17.9. The van der Waals surface area contributed by atoms with Crippen molar-refractivity contribution in [2.45, 2.75) is 18.5 Å². The second-order valence-corrected chi connectivity index (χ2v) is 9.24. The quantitative estimate of drug-likeness (QED) is 0.521. The minimum Gasteiger partial charge on any atom is -0.347 e. The van der Waals surface area contributed by atoms with Crippen LogP contribution in [0.3, 0.4) is 0 Å². The van der Waals surface area contributed by atoms with Gasteiger partial charge in [0.1, 0.15) is 12.4 Å². The zero-order valence-corrected chi connectivity index (χ0v) is 20.4. The summed E-state index contributed by atoms with van der Waals surface area (Å²) in [4.78, 5) is 42.1. The van der Waals surface area contributed by atoms with Gasteiger partial charge in [-0.2, -0.15) is 0 Å². The zero-order chi connectivity index (χ0) is 25.9. The van der Waals surface area contributed by atoms with Crippen LogP contribution in [0.15, 0.2) is 96.2 Å². The molecule has 3 aromatic carbocycles. The van der Waals surface area contributed by atoms with Crippen molar-refractivity contribution in [3.8, 4) is 0 Å². The summed E-state index contributed by atoms with van der Waals surface area (Å²) in [6, 6.07) is 23.9. The van der Waals surface area contributed by atoms with E-state index in [1.165, 1.54) is 21.9 Å². The van der Waals surface area contributed by atoms with Crippen LogP contribution in [0.1, 0.15) is 28.8 Å². The van der Waals surface area contributed by atoms with Crippen molar-refractivity contribution in [2.24, 2.45) is 0 Å². The van der Waals surface area contributed by atoms with Crippen molar-refractivity contribution in [1.29, 1.82) is 0 Å². The molecule has 0 bridgehead atoms. The maximum absolute atomic E-state index is 13.5. The Kier molecular flexibility index (Phi) is 6.72. The molecule has 37 heavy (non-hydrogen) atoms. The Hall–Kier alpha value is -4.46. The molecule has 0 saturated carbocycles. The van der Waals surface area contributed by atoms with E-state index in [1.54, 1.807) is 19.2 Å². The summed E-state index contributed by atoms with van der Waals surface area (Å²) >= 11 is 0. The van der Waals surface area contributed by atoms with Gasteiger partial charge >= 0.3 is 6.03 Å². The number of hydrogen-bond acceptors (Lipinski definition) is 3. The second kappa shape index (κ2) is 10.3. The van der Waals surface area contributed by atoms with Crippen LogP contribution in [0.4, 0.5) is 9.18 Å². The van der Waals surface area contributed by atoms with Gasteiger partial charge in [-0.25, -0.2) is 9.18 Å². The van der Waals surface area contributed by atoms with Crippen molar-refractivity contribution in [1.82, 2.24) is 20.4 Å². The van der Waals surface area contributed by atoms with Gasteiger partial charge in [0, 0.05) is 7.05 Å². The molecule has 2 atom stereocenters. The monoisotopic (exact) mass is 498 g/mol. The SMILES string of the molecule is CN1C(=O)N[C@H](c2ccc(F)cc2)C2=C1CN(CC(=O)N[C@H](Cc1ccccc1)c1ccccc1)C2=O. The third kappa shape index (κ3) is 5.09. The molecule has 0 unspecified atom stereocenters. The number of carbonyl (C=O) groups excluding carboxylic acids is 3. The maximum atomic E-state index is 13.5. The highest BCUT2D eigenvalue weighted by atomic mass is 19.1. The lowest BCUT2D eigenvalue weighted by molar-refractivity contribution is -0.132. The molecule has 0 saturated heterocycles. The van der Waals surface area contributed by atoms with E-state index in [0.717, 1.165) is 11.1 Å². The topological polar surface area (TPSA) is 81.8 Å².